The molecule has 0 amide bonds. The van der Waals surface area contributed by atoms with E-state index in [4.69, 9.17) is 11.5 Å². The summed E-state index contributed by atoms with van der Waals surface area (Å²) in [6, 6.07) is 0. The van der Waals surface area contributed by atoms with Gasteiger partial charge in [0.2, 0.25) is 0 Å². The number of nitrogens with one attached hydrogen (secondary N) is 1. The minimum Gasteiger partial charge on any atom is -0.316 e. The molecule has 0 heterocycles. The van der Waals surface area contributed by atoms with Crippen molar-refractivity contribution in [2.75, 3.05) is 0 Å². The Kier molecular flexibility index (Phi) is 6.51. The summed E-state index contributed by atoms with van der Waals surface area (Å²) >= 11 is 0. The monoisotopic (exact) mass is 157 g/mol. The normalized spacial score (nSPS) is 16.4. The van der Waals surface area contributed by atoms with Gasteiger partial charge in [0, 0.05) is 0 Å². The fourth-order valence-corrected chi connectivity index (χ4v) is 0.881. The molecule has 2 atom stereocenters. The largest absolute Gasteiger partial charge is 0.316 e. The van der Waals surface area contributed by atoms with Crippen LogP contribution in [0.3, 0.4) is 0 Å². The van der Waals surface area contributed by atoms with Gasteiger partial charge in [0.1, 0.15) is 0 Å². The Labute approximate surface area is 69.5 Å². The quantitative estimate of drug-likeness (QED) is 0.488. The van der Waals surface area contributed by atoms with E-state index in [1.54, 1.807) is 0 Å². The third-order valence-corrected chi connectivity index (χ3v) is 1.46. The molecule has 0 saturated carbocycles. The molecular weight excluding hydrogens is 138 g/mol. The van der Waals surface area contributed by atoms with Crippen molar-refractivity contribution in [3.05, 3.63) is 13.8 Å². The number of rotatable bonds is 6. The molecule has 0 aliphatic rings. The van der Waals surface area contributed by atoms with Gasteiger partial charge in [-0.3, -0.25) is 5.32 Å². The Morgan fingerprint density at radius 1 is 1.00 bits per heavy atom. The van der Waals surface area contributed by atoms with Crippen molar-refractivity contribution in [2.45, 2.75) is 38.0 Å². The van der Waals surface area contributed by atoms with Crippen LogP contribution in [0.1, 0.15) is 25.7 Å². The first kappa shape index (κ1) is 10.9. The van der Waals surface area contributed by atoms with Crippen molar-refractivity contribution < 1.29 is 0 Å². The maximum absolute atomic E-state index is 5.66. The molecule has 3 nitrogen and oxygen atoms in total. The topological polar surface area (TPSA) is 64.1 Å². The van der Waals surface area contributed by atoms with E-state index in [9.17, 15) is 0 Å². The summed E-state index contributed by atoms with van der Waals surface area (Å²) in [4.78, 5) is 0. The SMILES string of the molecule is [CH2]CCC(N)NC(N)CC[CH2]. The maximum Gasteiger partial charge on any atom is 0.0558 e. The van der Waals surface area contributed by atoms with Gasteiger partial charge < -0.3 is 11.5 Å². The zero-order valence-electron chi connectivity index (χ0n) is 7.05. The molecule has 0 fully saturated rings. The molecule has 0 aromatic carbocycles. The lowest BCUT2D eigenvalue weighted by Crippen LogP contribution is -2.48. The summed E-state index contributed by atoms with van der Waals surface area (Å²) < 4.78 is 0. The smallest absolute Gasteiger partial charge is 0.0558 e. The lowest BCUT2D eigenvalue weighted by atomic mass is 10.2. The van der Waals surface area contributed by atoms with Crippen molar-refractivity contribution in [3.8, 4) is 0 Å². The Balaban J connectivity index is 3.32. The highest BCUT2D eigenvalue weighted by molar-refractivity contribution is 4.65. The zero-order chi connectivity index (χ0) is 8.69. The first-order valence-corrected chi connectivity index (χ1v) is 4.06. The van der Waals surface area contributed by atoms with Gasteiger partial charge >= 0.3 is 0 Å². The molecule has 0 aromatic heterocycles. The number of nitrogens with two attached hydrogens (primary N) is 2. The molecule has 5 N–H and O–H groups in total. The van der Waals surface area contributed by atoms with Gasteiger partial charge in [0.05, 0.1) is 12.3 Å². The van der Waals surface area contributed by atoms with E-state index in [0.717, 1.165) is 25.7 Å². The van der Waals surface area contributed by atoms with Crippen molar-refractivity contribution in [2.24, 2.45) is 11.5 Å². The van der Waals surface area contributed by atoms with Gasteiger partial charge in [-0.25, -0.2) is 0 Å². The Hall–Kier alpha value is -0.120. The molecule has 66 valence electrons. The van der Waals surface area contributed by atoms with Gasteiger partial charge in [-0.2, -0.15) is 0 Å². The van der Waals surface area contributed by atoms with Crippen molar-refractivity contribution in [1.29, 1.82) is 0 Å². The predicted molar refractivity (Wildman–Crippen MR) is 48.3 cm³/mol. The van der Waals surface area contributed by atoms with Gasteiger partial charge in [0.25, 0.3) is 0 Å². The number of hydrogen-bond donors (Lipinski definition) is 3. The van der Waals surface area contributed by atoms with Gasteiger partial charge in [-0.1, -0.05) is 26.7 Å². The minimum absolute atomic E-state index is 0.0194. The minimum atomic E-state index is -0.0194. The van der Waals surface area contributed by atoms with Crippen molar-refractivity contribution in [1.82, 2.24) is 5.32 Å². The Morgan fingerprint density at radius 2 is 1.36 bits per heavy atom. The molecule has 2 radical (unpaired) electrons. The second-order valence-corrected chi connectivity index (χ2v) is 2.66. The Morgan fingerprint density at radius 3 is 1.64 bits per heavy atom. The summed E-state index contributed by atoms with van der Waals surface area (Å²) in [7, 11) is 0. The fourth-order valence-electron chi connectivity index (χ4n) is 0.881. The third-order valence-electron chi connectivity index (χ3n) is 1.46. The van der Waals surface area contributed by atoms with E-state index >= 15 is 0 Å². The molecule has 0 bridgehead atoms. The van der Waals surface area contributed by atoms with Crippen molar-refractivity contribution in [3.63, 3.8) is 0 Å². The van der Waals surface area contributed by atoms with Crippen LogP contribution in [0.25, 0.3) is 0 Å². The zero-order valence-corrected chi connectivity index (χ0v) is 7.05. The van der Waals surface area contributed by atoms with Crippen LogP contribution in [0, 0.1) is 13.8 Å². The van der Waals surface area contributed by atoms with E-state index in [-0.39, 0.29) is 12.3 Å². The first-order valence-electron chi connectivity index (χ1n) is 4.06. The predicted octanol–water partition coefficient (Wildman–Crippen LogP) is 0.374. The highest BCUT2D eigenvalue weighted by Gasteiger charge is 2.04. The standard InChI is InChI=1S/C8H19N3/c1-3-5-7(9)11-8(10)6-4-2/h7-8,11H,1-6,9-10H2. The van der Waals surface area contributed by atoms with Crippen LogP contribution in [0.2, 0.25) is 0 Å². The van der Waals surface area contributed by atoms with Gasteiger partial charge in [0.15, 0.2) is 0 Å². The van der Waals surface area contributed by atoms with Crippen LogP contribution < -0.4 is 16.8 Å². The van der Waals surface area contributed by atoms with E-state index in [0.29, 0.717) is 0 Å². The van der Waals surface area contributed by atoms with Crippen LogP contribution in [-0.4, -0.2) is 12.3 Å². The van der Waals surface area contributed by atoms with Crippen LogP contribution in [0.4, 0.5) is 0 Å². The van der Waals surface area contributed by atoms with E-state index in [1.807, 2.05) is 0 Å². The molecule has 3 heteroatoms. The summed E-state index contributed by atoms with van der Waals surface area (Å²) in [5.74, 6) is 0. The highest BCUT2D eigenvalue weighted by atomic mass is 15.1. The summed E-state index contributed by atoms with van der Waals surface area (Å²) in [5, 5.41) is 3.06. The fraction of sp³-hybridized carbons (Fsp3) is 0.750. The van der Waals surface area contributed by atoms with E-state index < -0.39 is 0 Å². The second kappa shape index (κ2) is 6.58. The van der Waals surface area contributed by atoms with Crippen molar-refractivity contribution >= 4 is 0 Å². The Bertz CT molecular complexity index is 75.4. The first-order chi connectivity index (χ1) is 5.20. The lowest BCUT2D eigenvalue weighted by Gasteiger charge is -2.18. The second-order valence-electron chi connectivity index (χ2n) is 2.66. The molecular formula is C8H19N3. The van der Waals surface area contributed by atoms with E-state index in [1.165, 1.54) is 0 Å². The molecule has 0 rings (SSSR count). The van der Waals surface area contributed by atoms with E-state index in [2.05, 4.69) is 19.2 Å². The van der Waals surface area contributed by atoms with Crippen LogP contribution in [0.15, 0.2) is 0 Å². The number of hydrogen-bond acceptors (Lipinski definition) is 3. The highest BCUT2D eigenvalue weighted by Crippen LogP contribution is 1.93. The average molecular weight is 157 g/mol. The summed E-state index contributed by atoms with van der Waals surface area (Å²) in [5.41, 5.74) is 11.3. The summed E-state index contributed by atoms with van der Waals surface area (Å²) in [6.45, 7) is 7.41. The average Bonchev–Trinajstić information content (AvgIpc) is 1.87. The maximum atomic E-state index is 5.66. The van der Waals surface area contributed by atoms with Crippen LogP contribution >= 0.6 is 0 Å². The molecule has 2 unspecified atom stereocenters. The molecule has 0 aromatic rings. The van der Waals surface area contributed by atoms with Gasteiger partial charge in [-0.15, -0.1) is 0 Å². The lowest BCUT2D eigenvalue weighted by molar-refractivity contribution is 0.407. The van der Waals surface area contributed by atoms with Crippen LogP contribution in [-0.2, 0) is 0 Å². The molecule has 0 spiro atoms. The van der Waals surface area contributed by atoms with Gasteiger partial charge in [-0.05, 0) is 12.8 Å². The molecule has 0 aliphatic carbocycles. The molecule has 11 heavy (non-hydrogen) atoms. The molecule has 0 aliphatic heterocycles. The third kappa shape index (κ3) is 6.28. The van der Waals surface area contributed by atoms with Crippen LogP contribution in [0.5, 0.6) is 0 Å². The molecule has 0 saturated heterocycles. The summed E-state index contributed by atoms with van der Waals surface area (Å²) in [6.07, 6.45) is 3.37.